The van der Waals surface area contributed by atoms with Crippen LogP contribution < -0.4 is 0 Å². The molecule has 0 unspecified atom stereocenters. The summed E-state index contributed by atoms with van der Waals surface area (Å²) in [5, 5.41) is 14.7. The summed E-state index contributed by atoms with van der Waals surface area (Å²) in [6, 6.07) is 4.05. The van der Waals surface area contributed by atoms with Crippen molar-refractivity contribution in [3.05, 3.63) is 29.4 Å². The molecule has 24 heavy (non-hydrogen) atoms. The highest BCUT2D eigenvalue weighted by atomic mass is 35.5. The van der Waals surface area contributed by atoms with Gasteiger partial charge in [-0.25, -0.2) is 4.98 Å². The zero-order valence-corrected chi connectivity index (χ0v) is 14.2. The molecule has 2 fully saturated rings. The van der Waals surface area contributed by atoms with Gasteiger partial charge in [-0.2, -0.15) is 4.98 Å². The minimum atomic E-state index is -0.168. The lowest BCUT2D eigenvalue weighted by atomic mass is 9.76. The first-order chi connectivity index (χ1) is 11.7. The van der Waals surface area contributed by atoms with E-state index in [1.54, 1.807) is 12.3 Å². The molecule has 0 bridgehead atoms. The summed E-state index contributed by atoms with van der Waals surface area (Å²) in [4.78, 5) is 10.9. The molecule has 4 rings (SSSR count). The SMILES string of the molecule is O[C@@H]1CCN(Cc2nc(-c3cccnc3Cl)no2)[C@H]2CCCC[C@@H]12. The van der Waals surface area contributed by atoms with Crippen LogP contribution in [-0.4, -0.2) is 43.8 Å². The van der Waals surface area contributed by atoms with Gasteiger partial charge in [0, 0.05) is 24.7 Å². The molecule has 0 spiro atoms. The number of likely N-dealkylation sites (tertiary alicyclic amines) is 1. The van der Waals surface area contributed by atoms with Crippen molar-refractivity contribution in [2.24, 2.45) is 5.92 Å². The molecule has 2 aromatic heterocycles. The highest BCUT2D eigenvalue weighted by molar-refractivity contribution is 6.31. The lowest BCUT2D eigenvalue weighted by Crippen LogP contribution is -2.52. The Kier molecular flexibility index (Phi) is 4.52. The van der Waals surface area contributed by atoms with E-state index in [0.29, 0.717) is 40.9 Å². The number of aliphatic hydroxyl groups excluding tert-OH is 1. The van der Waals surface area contributed by atoms with Gasteiger partial charge in [-0.1, -0.05) is 29.6 Å². The molecule has 2 aromatic rings. The number of pyridine rings is 1. The number of hydrogen-bond donors (Lipinski definition) is 1. The predicted molar refractivity (Wildman–Crippen MR) is 89.3 cm³/mol. The van der Waals surface area contributed by atoms with Gasteiger partial charge in [-0.15, -0.1) is 0 Å². The van der Waals surface area contributed by atoms with Gasteiger partial charge in [0.2, 0.25) is 11.7 Å². The van der Waals surface area contributed by atoms with Gasteiger partial charge in [-0.3, -0.25) is 4.90 Å². The Morgan fingerprint density at radius 3 is 3.04 bits per heavy atom. The maximum atomic E-state index is 10.3. The van der Waals surface area contributed by atoms with Crippen molar-refractivity contribution in [2.75, 3.05) is 6.54 Å². The Balaban J connectivity index is 1.50. The standard InChI is InChI=1S/C17H21ClN4O2/c18-16-12(5-3-8-19-16)17-20-15(24-21-17)10-22-9-7-14(23)11-4-1-2-6-13(11)22/h3,5,8,11,13-14,23H,1-2,4,6-7,9-10H2/t11-,13+,14-/m1/s1. The maximum absolute atomic E-state index is 10.3. The van der Waals surface area contributed by atoms with Crippen LogP contribution >= 0.6 is 11.6 Å². The van der Waals surface area contributed by atoms with E-state index in [0.717, 1.165) is 25.8 Å². The molecule has 0 radical (unpaired) electrons. The summed E-state index contributed by atoms with van der Waals surface area (Å²) in [6.07, 6.45) is 6.98. The van der Waals surface area contributed by atoms with Crippen LogP contribution in [0.1, 0.15) is 38.0 Å². The molecule has 1 aliphatic heterocycles. The van der Waals surface area contributed by atoms with Gasteiger partial charge in [0.15, 0.2) is 0 Å². The lowest BCUT2D eigenvalue weighted by molar-refractivity contribution is -0.0425. The van der Waals surface area contributed by atoms with E-state index in [1.165, 1.54) is 12.8 Å². The van der Waals surface area contributed by atoms with E-state index in [2.05, 4.69) is 20.0 Å². The molecule has 3 atom stereocenters. The molecule has 1 aliphatic carbocycles. The van der Waals surface area contributed by atoms with Crippen LogP contribution in [0.2, 0.25) is 5.15 Å². The number of aliphatic hydroxyl groups is 1. The van der Waals surface area contributed by atoms with Crippen LogP contribution in [0.4, 0.5) is 0 Å². The second kappa shape index (κ2) is 6.78. The summed E-state index contributed by atoms with van der Waals surface area (Å²) >= 11 is 6.10. The molecule has 6 nitrogen and oxygen atoms in total. The van der Waals surface area contributed by atoms with E-state index in [9.17, 15) is 5.11 Å². The third kappa shape index (κ3) is 3.06. The monoisotopic (exact) mass is 348 g/mol. The Bertz CT molecular complexity index is 707. The van der Waals surface area contributed by atoms with Crippen molar-refractivity contribution in [3.63, 3.8) is 0 Å². The fraction of sp³-hybridized carbons (Fsp3) is 0.588. The van der Waals surface area contributed by atoms with Crippen LogP contribution in [0.3, 0.4) is 0 Å². The molecule has 0 aromatic carbocycles. The molecule has 7 heteroatoms. The Hall–Kier alpha value is -1.50. The van der Waals surface area contributed by atoms with Crippen molar-refractivity contribution in [1.29, 1.82) is 0 Å². The smallest absolute Gasteiger partial charge is 0.241 e. The van der Waals surface area contributed by atoms with Crippen molar-refractivity contribution in [1.82, 2.24) is 20.0 Å². The third-order valence-electron chi connectivity index (χ3n) is 5.26. The summed E-state index contributed by atoms with van der Waals surface area (Å²) in [7, 11) is 0. The second-order valence-electron chi connectivity index (χ2n) is 6.70. The lowest BCUT2D eigenvalue weighted by Gasteiger charge is -2.46. The van der Waals surface area contributed by atoms with Crippen molar-refractivity contribution >= 4 is 11.6 Å². The highest BCUT2D eigenvalue weighted by Gasteiger charge is 2.39. The molecular formula is C17H21ClN4O2. The molecule has 2 aliphatic rings. The van der Waals surface area contributed by atoms with Gasteiger partial charge in [0.05, 0.1) is 18.2 Å². The number of fused-ring (bicyclic) bond motifs is 1. The Labute approximate surface area is 145 Å². The number of hydrogen-bond acceptors (Lipinski definition) is 6. The van der Waals surface area contributed by atoms with Crippen LogP contribution in [0, 0.1) is 5.92 Å². The Morgan fingerprint density at radius 2 is 2.17 bits per heavy atom. The molecule has 128 valence electrons. The summed E-state index contributed by atoms with van der Waals surface area (Å²) in [6.45, 7) is 1.49. The fourth-order valence-electron chi connectivity index (χ4n) is 4.07. The molecule has 1 N–H and O–H groups in total. The number of nitrogens with zero attached hydrogens (tertiary/aromatic N) is 4. The molecule has 3 heterocycles. The van der Waals surface area contributed by atoms with E-state index in [4.69, 9.17) is 16.1 Å². The van der Waals surface area contributed by atoms with E-state index in [-0.39, 0.29) is 6.10 Å². The zero-order valence-electron chi connectivity index (χ0n) is 13.4. The van der Waals surface area contributed by atoms with Crippen molar-refractivity contribution < 1.29 is 9.63 Å². The minimum absolute atomic E-state index is 0.168. The minimum Gasteiger partial charge on any atom is -0.393 e. The third-order valence-corrected chi connectivity index (χ3v) is 5.56. The van der Waals surface area contributed by atoms with Crippen LogP contribution in [0.25, 0.3) is 11.4 Å². The molecular weight excluding hydrogens is 328 g/mol. The van der Waals surface area contributed by atoms with Crippen LogP contribution in [-0.2, 0) is 6.54 Å². The average Bonchev–Trinajstić information content (AvgIpc) is 3.06. The van der Waals surface area contributed by atoms with Gasteiger partial charge < -0.3 is 9.63 Å². The zero-order chi connectivity index (χ0) is 16.5. The number of rotatable bonds is 3. The first kappa shape index (κ1) is 16.0. The quantitative estimate of drug-likeness (QED) is 0.859. The average molecular weight is 349 g/mol. The predicted octanol–water partition coefficient (Wildman–Crippen LogP) is 2.91. The van der Waals surface area contributed by atoms with E-state index in [1.807, 2.05) is 6.07 Å². The summed E-state index contributed by atoms with van der Waals surface area (Å²) in [5.74, 6) is 1.44. The molecule has 1 saturated carbocycles. The van der Waals surface area contributed by atoms with Crippen LogP contribution in [0.15, 0.2) is 22.9 Å². The second-order valence-corrected chi connectivity index (χ2v) is 7.05. The van der Waals surface area contributed by atoms with Crippen LogP contribution in [0.5, 0.6) is 0 Å². The number of piperidine rings is 1. The van der Waals surface area contributed by atoms with Crippen molar-refractivity contribution in [3.8, 4) is 11.4 Å². The molecule has 0 amide bonds. The normalized spacial score (nSPS) is 27.8. The Morgan fingerprint density at radius 1 is 1.29 bits per heavy atom. The fourth-order valence-corrected chi connectivity index (χ4v) is 4.28. The largest absolute Gasteiger partial charge is 0.393 e. The maximum Gasteiger partial charge on any atom is 0.241 e. The first-order valence-electron chi connectivity index (χ1n) is 8.58. The van der Waals surface area contributed by atoms with E-state index < -0.39 is 0 Å². The molecule has 1 saturated heterocycles. The number of halogens is 1. The van der Waals surface area contributed by atoms with Gasteiger partial charge in [0.25, 0.3) is 0 Å². The van der Waals surface area contributed by atoms with Crippen molar-refractivity contribution in [2.45, 2.75) is 50.8 Å². The van der Waals surface area contributed by atoms with Gasteiger partial charge in [0.1, 0.15) is 5.15 Å². The van der Waals surface area contributed by atoms with E-state index >= 15 is 0 Å². The summed E-state index contributed by atoms with van der Waals surface area (Å²) in [5.41, 5.74) is 0.679. The van der Waals surface area contributed by atoms with Gasteiger partial charge >= 0.3 is 0 Å². The topological polar surface area (TPSA) is 75.3 Å². The van der Waals surface area contributed by atoms with Gasteiger partial charge in [-0.05, 0) is 31.4 Å². The number of aromatic nitrogens is 3. The highest BCUT2D eigenvalue weighted by Crippen LogP contribution is 2.36. The summed E-state index contributed by atoms with van der Waals surface area (Å²) < 4.78 is 5.43. The first-order valence-corrected chi connectivity index (χ1v) is 8.96.